The maximum absolute atomic E-state index is 12.8. The lowest BCUT2D eigenvalue weighted by Gasteiger charge is -2.14. The van der Waals surface area contributed by atoms with E-state index < -0.39 is 0 Å². The molecule has 0 spiro atoms. The molecular weight excluding hydrogens is 316 g/mol. The maximum Gasteiger partial charge on any atom is 0.101 e. The van der Waals surface area contributed by atoms with Gasteiger partial charge < -0.3 is 5.32 Å². The van der Waals surface area contributed by atoms with E-state index in [4.69, 9.17) is 0 Å². The number of hydrogen-bond donors (Lipinski definition) is 1. The molecule has 1 aromatic carbocycles. The van der Waals surface area contributed by atoms with Crippen LogP contribution in [0.5, 0.6) is 0 Å². The molecule has 0 fully saturated rings. The van der Waals surface area contributed by atoms with Crippen LogP contribution >= 0.6 is 22.6 Å². The Morgan fingerprint density at radius 1 is 1.31 bits per heavy atom. The molecule has 0 unspecified atom stereocenters. The summed E-state index contributed by atoms with van der Waals surface area (Å²) in [6, 6.07) is 6.21. The predicted octanol–water partition coefficient (Wildman–Crippen LogP) is 4.36. The van der Waals surface area contributed by atoms with E-state index in [0.29, 0.717) is 6.42 Å². The van der Waals surface area contributed by atoms with Gasteiger partial charge in [-0.1, -0.05) is 0 Å². The normalized spacial score (nSPS) is 15.4. The number of allylic oxidation sites excluding steroid dienone is 4. The molecule has 1 aliphatic carbocycles. The minimum atomic E-state index is -0.0927. The highest BCUT2D eigenvalue weighted by atomic mass is 127. The second kappa shape index (κ2) is 4.99. The number of hydrogen-bond acceptors (Lipinski definition) is 1. The second-order valence-electron chi connectivity index (χ2n) is 3.73. The lowest BCUT2D eigenvalue weighted by molar-refractivity contribution is 0.607. The fourth-order valence-corrected chi connectivity index (χ4v) is 2.19. The Morgan fingerprint density at radius 2 is 2.12 bits per heavy atom. The molecule has 0 saturated heterocycles. The third-order valence-electron chi connectivity index (χ3n) is 2.43. The molecule has 1 N–H and O–H groups in total. The lowest BCUT2D eigenvalue weighted by atomic mass is 10.1. The van der Waals surface area contributed by atoms with Gasteiger partial charge in [-0.3, -0.25) is 0 Å². The summed E-state index contributed by atoms with van der Waals surface area (Å²) < 4.78 is 14.0. The van der Waals surface area contributed by atoms with E-state index in [0.717, 1.165) is 11.4 Å². The molecule has 0 bridgehead atoms. The van der Waals surface area contributed by atoms with Crippen molar-refractivity contribution in [1.82, 2.24) is 0 Å². The molecule has 1 nitrogen and oxygen atoms in total. The molecule has 3 heteroatoms. The first kappa shape index (κ1) is 11.6. The van der Waals surface area contributed by atoms with Gasteiger partial charge in [0.25, 0.3) is 0 Å². The van der Waals surface area contributed by atoms with Gasteiger partial charge in [0.1, 0.15) is 5.83 Å². The van der Waals surface area contributed by atoms with E-state index in [1.807, 2.05) is 12.5 Å². The Labute approximate surface area is 109 Å². The van der Waals surface area contributed by atoms with Crippen molar-refractivity contribution < 1.29 is 4.39 Å². The van der Waals surface area contributed by atoms with E-state index >= 15 is 0 Å². The molecule has 0 heterocycles. The largest absolute Gasteiger partial charge is 0.358 e. The summed E-state index contributed by atoms with van der Waals surface area (Å²) in [5.41, 5.74) is 3.21. The minimum Gasteiger partial charge on any atom is -0.358 e. The first-order chi connectivity index (χ1) is 7.65. The highest BCUT2D eigenvalue weighted by Crippen LogP contribution is 2.23. The Kier molecular flexibility index (Phi) is 3.63. The number of rotatable bonds is 2. The molecule has 2 rings (SSSR count). The van der Waals surface area contributed by atoms with Gasteiger partial charge in [-0.05, 0) is 65.4 Å². The molecule has 16 heavy (non-hydrogen) atoms. The monoisotopic (exact) mass is 328 g/mol. The minimum absolute atomic E-state index is 0.0927. The SMILES string of the molecule is Cc1cc(I)ccc1NC1=CC=C(F)C[CH]1. The molecule has 1 radical (unpaired) electrons. The fourth-order valence-electron chi connectivity index (χ4n) is 1.54. The van der Waals surface area contributed by atoms with Gasteiger partial charge in [-0.2, -0.15) is 0 Å². The fraction of sp³-hybridized carbons (Fsp3) is 0.154. The van der Waals surface area contributed by atoms with Crippen LogP contribution in [0.2, 0.25) is 0 Å². The summed E-state index contributed by atoms with van der Waals surface area (Å²) in [6.45, 7) is 2.06. The predicted molar refractivity (Wildman–Crippen MR) is 73.7 cm³/mol. The van der Waals surface area contributed by atoms with Crippen LogP contribution in [-0.2, 0) is 0 Å². The number of benzene rings is 1. The molecule has 0 aromatic heterocycles. The van der Waals surface area contributed by atoms with Crippen molar-refractivity contribution in [3.05, 3.63) is 57.4 Å². The first-order valence-electron chi connectivity index (χ1n) is 5.08. The number of halogens is 2. The molecule has 1 aliphatic rings. The summed E-state index contributed by atoms with van der Waals surface area (Å²) in [5, 5.41) is 3.29. The van der Waals surface area contributed by atoms with Gasteiger partial charge in [0, 0.05) is 27.8 Å². The molecule has 0 amide bonds. The van der Waals surface area contributed by atoms with Crippen molar-refractivity contribution in [2.24, 2.45) is 0 Å². The van der Waals surface area contributed by atoms with Gasteiger partial charge in [-0.25, -0.2) is 4.39 Å². The van der Waals surface area contributed by atoms with Crippen molar-refractivity contribution >= 4 is 28.3 Å². The molecule has 0 aliphatic heterocycles. The highest BCUT2D eigenvalue weighted by molar-refractivity contribution is 14.1. The van der Waals surface area contributed by atoms with Crippen LogP contribution in [0.25, 0.3) is 0 Å². The quantitative estimate of drug-likeness (QED) is 0.796. The van der Waals surface area contributed by atoms with Crippen LogP contribution in [0.3, 0.4) is 0 Å². The average molecular weight is 328 g/mol. The van der Waals surface area contributed by atoms with E-state index in [2.05, 4.69) is 47.0 Å². The van der Waals surface area contributed by atoms with E-state index in [9.17, 15) is 4.39 Å². The van der Waals surface area contributed by atoms with E-state index in [1.54, 1.807) is 6.08 Å². The smallest absolute Gasteiger partial charge is 0.101 e. The van der Waals surface area contributed by atoms with Gasteiger partial charge in [0.15, 0.2) is 0 Å². The van der Waals surface area contributed by atoms with Gasteiger partial charge in [-0.15, -0.1) is 0 Å². The summed E-state index contributed by atoms with van der Waals surface area (Å²) in [7, 11) is 0. The molecule has 0 saturated carbocycles. The molecule has 1 aromatic rings. The van der Waals surface area contributed by atoms with Crippen molar-refractivity contribution in [2.75, 3.05) is 5.32 Å². The summed E-state index contributed by atoms with van der Waals surface area (Å²) in [5.74, 6) is -0.0927. The molecule has 83 valence electrons. The van der Waals surface area contributed by atoms with Crippen LogP contribution in [0, 0.1) is 16.9 Å². The zero-order chi connectivity index (χ0) is 11.5. The third-order valence-corrected chi connectivity index (χ3v) is 3.10. The van der Waals surface area contributed by atoms with Crippen LogP contribution in [0.15, 0.2) is 41.9 Å². The highest BCUT2D eigenvalue weighted by Gasteiger charge is 2.07. The first-order valence-corrected chi connectivity index (χ1v) is 6.16. The third kappa shape index (κ3) is 2.84. The van der Waals surface area contributed by atoms with Crippen molar-refractivity contribution in [1.29, 1.82) is 0 Å². The maximum atomic E-state index is 12.8. The Hall–Kier alpha value is -0.840. The molecule has 0 atom stereocenters. The van der Waals surface area contributed by atoms with Crippen molar-refractivity contribution in [3.63, 3.8) is 0 Å². The van der Waals surface area contributed by atoms with Gasteiger partial charge in [0.2, 0.25) is 0 Å². The second-order valence-corrected chi connectivity index (χ2v) is 4.97. The topological polar surface area (TPSA) is 12.0 Å². The Bertz CT molecular complexity index is 463. The zero-order valence-corrected chi connectivity index (χ0v) is 11.1. The van der Waals surface area contributed by atoms with Gasteiger partial charge >= 0.3 is 0 Å². The van der Waals surface area contributed by atoms with Gasteiger partial charge in [0.05, 0.1) is 0 Å². The average Bonchev–Trinajstić information content (AvgIpc) is 2.25. The standard InChI is InChI=1S/C13H12FIN/c1-9-8-11(15)4-7-13(9)16-12-5-2-10(14)3-6-12/h2,4-8,16H,3H2,1H3. The number of aryl methyl sites for hydroxylation is 1. The number of nitrogens with one attached hydrogen (secondary N) is 1. The van der Waals surface area contributed by atoms with Crippen molar-refractivity contribution in [3.8, 4) is 0 Å². The Balaban J connectivity index is 2.15. The van der Waals surface area contributed by atoms with Crippen LogP contribution in [0.1, 0.15) is 12.0 Å². The summed E-state index contributed by atoms with van der Waals surface area (Å²) in [6.07, 6.45) is 5.50. The number of anilines is 1. The lowest BCUT2D eigenvalue weighted by Crippen LogP contribution is -2.04. The zero-order valence-electron chi connectivity index (χ0n) is 8.93. The van der Waals surface area contributed by atoms with Crippen molar-refractivity contribution in [2.45, 2.75) is 13.3 Å². The van der Waals surface area contributed by atoms with Crippen LogP contribution in [0.4, 0.5) is 10.1 Å². The molecular formula is C13H12FIN. The van der Waals surface area contributed by atoms with Crippen LogP contribution in [-0.4, -0.2) is 0 Å². The Morgan fingerprint density at radius 3 is 2.75 bits per heavy atom. The van der Waals surface area contributed by atoms with E-state index in [-0.39, 0.29) is 5.83 Å². The summed E-state index contributed by atoms with van der Waals surface area (Å²) >= 11 is 2.29. The van der Waals surface area contributed by atoms with Crippen LogP contribution < -0.4 is 5.32 Å². The van der Waals surface area contributed by atoms with E-state index in [1.165, 1.54) is 15.2 Å². The summed E-state index contributed by atoms with van der Waals surface area (Å²) in [4.78, 5) is 0.